The Balaban J connectivity index is 2.20. The minimum Gasteiger partial charge on any atom is -0.392 e. The molecule has 0 saturated carbocycles. The Morgan fingerprint density at radius 2 is 2.11 bits per heavy atom. The third kappa shape index (κ3) is 3.13. The summed E-state index contributed by atoms with van der Waals surface area (Å²) in [5, 5.41) is 11.5. The molecule has 0 aliphatic carbocycles. The predicted octanol–water partition coefficient (Wildman–Crippen LogP) is 3.95. The largest absolute Gasteiger partial charge is 0.392 e. The molecular weight excluding hydrogens is 310 g/mol. The molecule has 0 radical (unpaired) electrons. The maximum atomic E-state index is 9.43. The molecule has 96 valence electrons. The van der Waals surface area contributed by atoms with Crippen LogP contribution in [-0.4, -0.2) is 12.2 Å². The lowest BCUT2D eigenvalue weighted by Crippen LogP contribution is -2.17. The van der Waals surface area contributed by atoms with E-state index in [1.165, 1.54) is 10.4 Å². The Morgan fingerprint density at radius 1 is 1.33 bits per heavy atom. The van der Waals surface area contributed by atoms with Crippen molar-refractivity contribution in [1.29, 1.82) is 0 Å². The van der Waals surface area contributed by atoms with Crippen molar-refractivity contribution < 1.29 is 5.11 Å². The van der Waals surface area contributed by atoms with Crippen molar-refractivity contribution in [3.63, 3.8) is 0 Å². The van der Waals surface area contributed by atoms with Crippen LogP contribution in [0, 0.1) is 6.92 Å². The number of hydrogen-bond acceptors (Lipinski definition) is 3. The van der Waals surface area contributed by atoms with Gasteiger partial charge in [0.1, 0.15) is 0 Å². The fraction of sp³-hybridized carbons (Fsp3) is 0.286. The van der Waals surface area contributed by atoms with Crippen molar-refractivity contribution in [2.75, 3.05) is 11.9 Å². The number of rotatable bonds is 4. The molecule has 2 rings (SSSR count). The minimum absolute atomic E-state index is 0.0789. The van der Waals surface area contributed by atoms with E-state index in [0.29, 0.717) is 0 Å². The molecule has 1 aromatic heterocycles. The quantitative estimate of drug-likeness (QED) is 0.920. The second-order valence-electron chi connectivity index (χ2n) is 4.38. The molecule has 0 spiro atoms. The number of aliphatic hydroxyl groups is 1. The van der Waals surface area contributed by atoms with Gasteiger partial charge >= 0.3 is 0 Å². The van der Waals surface area contributed by atoms with Gasteiger partial charge in [0.25, 0.3) is 0 Å². The summed E-state index contributed by atoms with van der Waals surface area (Å²) in [5.41, 5.74) is 3.25. The topological polar surface area (TPSA) is 23.5 Å². The Morgan fingerprint density at radius 3 is 2.72 bits per heavy atom. The number of halogens is 1. The number of nitrogens with zero attached hydrogens (tertiary/aromatic N) is 1. The van der Waals surface area contributed by atoms with Gasteiger partial charge in [-0.3, -0.25) is 0 Å². The molecule has 0 fully saturated rings. The molecule has 1 heterocycles. The number of aryl methyl sites for hydroxylation is 1. The fourth-order valence-corrected chi connectivity index (χ4v) is 3.47. The number of hydrogen-bond donors (Lipinski definition) is 1. The Hall–Kier alpha value is -0.840. The molecule has 0 unspecified atom stereocenters. The average Bonchev–Trinajstić information content (AvgIpc) is 2.74. The van der Waals surface area contributed by atoms with E-state index in [9.17, 15) is 5.11 Å². The van der Waals surface area contributed by atoms with Crippen molar-refractivity contribution in [2.45, 2.75) is 20.1 Å². The van der Waals surface area contributed by atoms with Crippen molar-refractivity contribution in [3.05, 3.63) is 50.1 Å². The maximum Gasteiger partial charge on any atom is 0.0702 e. The SMILES string of the molecule is Cc1ccc(N(C)Cc2cc(Br)cs2)c(CO)c1. The summed E-state index contributed by atoms with van der Waals surface area (Å²) in [5.74, 6) is 0. The molecule has 0 saturated heterocycles. The smallest absolute Gasteiger partial charge is 0.0702 e. The number of benzene rings is 1. The lowest BCUT2D eigenvalue weighted by Gasteiger charge is -2.21. The second-order valence-corrected chi connectivity index (χ2v) is 6.29. The van der Waals surface area contributed by atoms with E-state index in [-0.39, 0.29) is 6.61 Å². The first-order valence-electron chi connectivity index (χ1n) is 5.74. The standard InChI is InChI=1S/C14H16BrNOS/c1-10-3-4-14(11(5-10)8-17)16(2)7-13-6-12(15)9-18-13/h3-6,9,17H,7-8H2,1-2H3. The van der Waals surface area contributed by atoms with E-state index >= 15 is 0 Å². The van der Waals surface area contributed by atoms with E-state index in [2.05, 4.69) is 51.5 Å². The van der Waals surface area contributed by atoms with Gasteiger partial charge in [0.15, 0.2) is 0 Å². The first kappa shape index (κ1) is 13.6. The molecule has 0 aliphatic heterocycles. The van der Waals surface area contributed by atoms with E-state index in [1.807, 2.05) is 13.0 Å². The van der Waals surface area contributed by atoms with Crippen LogP contribution in [0.1, 0.15) is 16.0 Å². The van der Waals surface area contributed by atoms with Gasteiger partial charge in [0, 0.05) is 33.0 Å². The molecule has 0 atom stereocenters. The Bertz CT molecular complexity index is 538. The highest BCUT2D eigenvalue weighted by molar-refractivity contribution is 9.10. The number of aliphatic hydroxyl groups excluding tert-OH is 1. The van der Waals surface area contributed by atoms with Crippen LogP contribution in [0.2, 0.25) is 0 Å². The van der Waals surface area contributed by atoms with Crippen molar-refractivity contribution >= 4 is 33.0 Å². The third-order valence-corrected chi connectivity index (χ3v) is 4.51. The first-order chi connectivity index (χ1) is 8.60. The molecule has 4 heteroatoms. The maximum absolute atomic E-state index is 9.43. The van der Waals surface area contributed by atoms with Crippen LogP contribution in [0.5, 0.6) is 0 Å². The third-order valence-electron chi connectivity index (χ3n) is 2.83. The highest BCUT2D eigenvalue weighted by atomic mass is 79.9. The van der Waals surface area contributed by atoms with Crippen LogP contribution in [0.3, 0.4) is 0 Å². The van der Waals surface area contributed by atoms with E-state index in [4.69, 9.17) is 0 Å². The molecule has 0 aliphatic rings. The van der Waals surface area contributed by atoms with Crippen LogP contribution >= 0.6 is 27.3 Å². The van der Waals surface area contributed by atoms with Crippen LogP contribution in [0.4, 0.5) is 5.69 Å². The summed E-state index contributed by atoms with van der Waals surface area (Å²) < 4.78 is 1.13. The van der Waals surface area contributed by atoms with E-state index in [0.717, 1.165) is 22.3 Å². The minimum atomic E-state index is 0.0789. The van der Waals surface area contributed by atoms with Crippen molar-refractivity contribution in [2.24, 2.45) is 0 Å². The van der Waals surface area contributed by atoms with Crippen LogP contribution in [0.25, 0.3) is 0 Å². The zero-order valence-corrected chi connectivity index (χ0v) is 12.9. The highest BCUT2D eigenvalue weighted by Gasteiger charge is 2.08. The molecule has 1 aromatic carbocycles. The van der Waals surface area contributed by atoms with Gasteiger partial charge in [0.05, 0.1) is 13.2 Å². The number of thiophene rings is 1. The summed E-state index contributed by atoms with van der Waals surface area (Å²) in [6.45, 7) is 2.97. The summed E-state index contributed by atoms with van der Waals surface area (Å²) in [7, 11) is 2.05. The van der Waals surface area contributed by atoms with Gasteiger partial charge in [-0.05, 0) is 35.0 Å². The van der Waals surface area contributed by atoms with Gasteiger partial charge in [-0.2, -0.15) is 0 Å². The van der Waals surface area contributed by atoms with Gasteiger partial charge in [-0.25, -0.2) is 0 Å². The summed E-state index contributed by atoms with van der Waals surface area (Å²) in [4.78, 5) is 3.47. The normalized spacial score (nSPS) is 10.7. The van der Waals surface area contributed by atoms with Gasteiger partial charge in [-0.15, -0.1) is 11.3 Å². The van der Waals surface area contributed by atoms with Gasteiger partial charge < -0.3 is 10.0 Å². The molecular formula is C14H16BrNOS. The Labute approximate surface area is 120 Å². The summed E-state index contributed by atoms with van der Waals surface area (Å²) >= 11 is 5.21. The zero-order chi connectivity index (χ0) is 13.1. The zero-order valence-electron chi connectivity index (χ0n) is 10.5. The molecule has 0 bridgehead atoms. The lowest BCUT2D eigenvalue weighted by molar-refractivity contribution is 0.282. The molecule has 1 N–H and O–H groups in total. The summed E-state index contributed by atoms with van der Waals surface area (Å²) in [6.07, 6.45) is 0. The number of anilines is 1. The van der Waals surface area contributed by atoms with Crippen molar-refractivity contribution in [1.82, 2.24) is 0 Å². The molecule has 18 heavy (non-hydrogen) atoms. The predicted molar refractivity (Wildman–Crippen MR) is 81.2 cm³/mol. The first-order valence-corrected chi connectivity index (χ1v) is 7.42. The lowest BCUT2D eigenvalue weighted by atomic mass is 10.1. The van der Waals surface area contributed by atoms with Crippen LogP contribution in [0.15, 0.2) is 34.1 Å². The fourth-order valence-electron chi connectivity index (χ4n) is 1.97. The Kier molecular flexibility index (Phi) is 4.43. The molecule has 0 amide bonds. The average molecular weight is 326 g/mol. The van der Waals surface area contributed by atoms with Crippen molar-refractivity contribution in [3.8, 4) is 0 Å². The van der Waals surface area contributed by atoms with Gasteiger partial charge in [-0.1, -0.05) is 17.7 Å². The molecule has 2 aromatic rings. The highest BCUT2D eigenvalue weighted by Crippen LogP contribution is 2.26. The summed E-state index contributed by atoms with van der Waals surface area (Å²) in [6, 6.07) is 8.32. The monoisotopic (exact) mass is 325 g/mol. The molecule has 2 nitrogen and oxygen atoms in total. The van der Waals surface area contributed by atoms with E-state index in [1.54, 1.807) is 11.3 Å². The van der Waals surface area contributed by atoms with Gasteiger partial charge in [0.2, 0.25) is 0 Å². The van der Waals surface area contributed by atoms with Crippen LogP contribution < -0.4 is 4.90 Å². The van der Waals surface area contributed by atoms with E-state index < -0.39 is 0 Å². The van der Waals surface area contributed by atoms with Crippen LogP contribution in [-0.2, 0) is 13.2 Å². The second kappa shape index (κ2) is 5.87.